The summed E-state index contributed by atoms with van der Waals surface area (Å²) in [7, 11) is 3.87. The fourth-order valence-corrected chi connectivity index (χ4v) is 2.52. The van der Waals surface area contributed by atoms with Crippen LogP contribution in [-0.4, -0.2) is 32.1 Å². The zero-order chi connectivity index (χ0) is 15.0. The zero-order valence-corrected chi connectivity index (χ0v) is 13.4. The van der Waals surface area contributed by atoms with Gasteiger partial charge in [0, 0.05) is 6.54 Å². The van der Waals surface area contributed by atoms with E-state index in [1.54, 1.807) is 7.11 Å². The van der Waals surface area contributed by atoms with Crippen LogP contribution in [0.15, 0.2) is 24.3 Å². The van der Waals surface area contributed by atoms with Gasteiger partial charge in [0.25, 0.3) is 0 Å². The largest absolute Gasteiger partial charge is 0.497 e. The first kappa shape index (κ1) is 17.0. The Bertz CT molecular complexity index is 362. The van der Waals surface area contributed by atoms with Crippen LogP contribution in [0, 0.1) is 11.8 Å². The lowest BCUT2D eigenvalue weighted by Crippen LogP contribution is -2.25. The molecule has 1 atom stereocenters. The van der Waals surface area contributed by atoms with E-state index in [9.17, 15) is 0 Å². The van der Waals surface area contributed by atoms with Crippen molar-refractivity contribution in [3.63, 3.8) is 0 Å². The van der Waals surface area contributed by atoms with Crippen molar-refractivity contribution in [3.8, 4) is 5.75 Å². The first-order valence-electron chi connectivity index (χ1n) is 7.56. The maximum absolute atomic E-state index is 5.86. The van der Waals surface area contributed by atoms with E-state index in [0.29, 0.717) is 5.92 Å². The minimum absolute atomic E-state index is 0.647. The smallest absolute Gasteiger partial charge is 0.118 e. The quantitative estimate of drug-likeness (QED) is 0.754. The van der Waals surface area contributed by atoms with Crippen LogP contribution in [0.1, 0.15) is 32.3 Å². The van der Waals surface area contributed by atoms with E-state index in [1.165, 1.54) is 18.4 Å². The molecule has 0 saturated heterocycles. The third-order valence-electron chi connectivity index (χ3n) is 3.67. The van der Waals surface area contributed by atoms with E-state index >= 15 is 0 Å². The summed E-state index contributed by atoms with van der Waals surface area (Å²) in [5.41, 5.74) is 7.18. The highest BCUT2D eigenvalue weighted by atomic mass is 16.5. The van der Waals surface area contributed by atoms with Crippen molar-refractivity contribution in [1.29, 1.82) is 0 Å². The Kier molecular flexibility index (Phi) is 7.63. The summed E-state index contributed by atoms with van der Waals surface area (Å²) in [5, 5.41) is 0. The van der Waals surface area contributed by atoms with Gasteiger partial charge >= 0.3 is 0 Å². The Morgan fingerprint density at radius 3 is 2.35 bits per heavy atom. The topological polar surface area (TPSA) is 38.5 Å². The van der Waals surface area contributed by atoms with E-state index in [-0.39, 0.29) is 0 Å². The Balaban J connectivity index is 2.36. The first-order valence-corrected chi connectivity index (χ1v) is 7.56. The summed E-state index contributed by atoms with van der Waals surface area (Å²) in [4.78, 5) is 2.37. The molecule has 1 unspecified atom stereocenters. The van der Waals surface area contributed by atoms with Crippen molar-refractivity contribution in [1.82, 2.24) is 4.90 Å². The molecule has 0 saturated carbocycles. The molecule has 0 heterocycles. The van der Waals surface area contributed by atoms with Crippen molar-refractivity contribution >= 4 is 0 Å². The van der Waals surface area contributed by atoms with E-state index in [0.717, 1.165) is 31.3 Å². The molecule has 0 aromatic heterocycles. The molecule has 1 rings (SSSR count). The van der Waals surface area contributed by atoms with Gasteiger partial charge in [0.1, 0.15) is 5.75 Å². The molecular formula is C17H30N2O. The maximum atomic E-state index is 5.86. The third-order valence-corrected chi connectivity index (χ3v) is 3.67. The standard InChI is InChI=1S/C17H30N2O/c1-14(2)11-16(12-18)9-10-19(3)13-15-5-7-17(20-4)8-6-15/h5-8,14,16H,9-13,18H2,1-4H3. The highest BCUT2D eigenvalue weighted by Gasteiger charge is 2.10. The molecule has 1 aromatic rings. The Labute approximate surface area is 124 Å². The van der Waals surface area contributed by atoms with Gasteiger partial charge in [-0.05, 0) is 62.5 Å². The molecule has 3 heteroatoms. The summed E-state index contributed by atoms with van der Waals surface area (Å²) >= 11 is 0. The number of rotatable bonds is 9. The molecule has 0 radical (unpaired) electrons. The van der Waals surface area contributed by atoms with Crippen molar-refractivity contribution in [2.75, 3.05) is 27.2 Å². The number of methoxy groups -OCH3 is 1. The monoisotopic (exact) mass is 278 g/mol. The molecule has 3 nitrogen and oxygen atoms in total. The fraction of sp³-hybridized carbons (Fsp3) is 0.647. The van der Waals surface area contributed by atoms with Gasteiger partial charge < -0.3 is 15.4 Å². The molecule has 20 heavy (non-hydrogen) atoms. The van der Waals surface area contributed by atoms with Gasteiger partial charge in [-0.15, -0.1) is 0 Å². The molecule has 0 spiro atoms. The molecule has 0 fully saturated rings. The number of nitrogens with zero attached hydrogens (tertiary/aromatic N) is 1. The number of benzene rings is 1. The van der Waals surface area contributed by atoms with Gasteiger partial charge in [-0.1, -0.05) is 26.0 Å². The molecule has 2 N–H and O–H groups in total. The number of hydrogen-bond donors (Lipinski definition) is 1. The van der Waals surface area contributed by atoms with Crippen molar-refractivity contribution in [2.24, 2.45) is 17.6 Å². The van der Waals surface area contributed by atoms with Crippen molar-refractivity contribution in [2.45, 2.75) is 33.2 Å². The van der Waals surface area contributed by atoms with Crippen LogP contribution in [-0.2, 0) is 6.54 Å². The van der Waals surface area contributed by atoms with Crippen LogP contribution < -0.4 is 10.5 Å². The summed E-state index contributed by atoms with van der Waals surface area (Å²) < 4.78 is 5.18. The minimum Gasteiger partial charge on any atom is -0.497 e. The summed E-state index contributed by atoms with van der Waals surface area (Å²) in [6.07, 6.45) is 2.41. The molecule has 0 aliphatic carbocycles. The fourth-order valence-electron chi connectivity index (χ4n) is 2.52. The van der Waals surface area contributed by atoms with Crippen LogP contribution in [0.2, 0.25) is 0 Å². The number of hydrogen-bond acceptors (Lipinski definition) is 3. The van der Waals surface area contributed by atoms with E-state index in [2.05, 4.69) is 37.9 Å². The summed E-state index contributed by atoms with van der Waals surface area (Å²) in [6, 6.07) is 8.29. The maximum Gasteiger partial charge on any atom is 0.118 e. The molecule has 114 valence electrons. The van der Waals surface area contributed by atoms with Gasteiger partial charge in [0.05, 0.1) is 7.11 Å². The van der Waals surface area contributed by atoms with Crippen LogP contribution in [0.3, 0.4) is 0 Å². The zero-order valence-electron chi connectivity index (χ0n) is 13.4. The number of nitrogens with two attached hydrogens (primary N) is 1. The first-order chi connectivity index (χ1) is 9.55. The van der Waals surface area contributed by atoms with E-state index in [4.69, 9.17) is 10.5 Å². The van der Waals surface area contributed by atoms with Gasteiger partial charge in [0.2, 0.25) is 0 Å². The lowest BCUT2D eigenvalue weighted by atomic mass is 9.94. The Morgan fingerprint density at radius 1 is 1.20 bits per heavy atom. The highest BCUT2D eigenvalue weighted by Crippen LogP contribution is 2.16. The second kappa shape index (κ2) is 8.98. The molecule has 0 amide bonds. The summed E-state index contributed by atoms with van der Waals surface area (Å²) in [5.74, 6) is 2.29. The molecular weight excluding hydrogens is 248 g/mol. The van der Waals surface area contributed by atoms with Crippen LogP contribution in [0.4, 0.5) is 0 Å². The van der Waals surface area contributed by atoms with Crippen LogP contribution >= 0.6 is 0 Å². The predicted octanol–water partition coefficient (Wildman–Crippen LogP) is 3.14. The SMILES string of the molecule is COc1ccc(CN(C)CCC(CN)CC(C)C)cc1. The average Bonchev–Trinajstić information content (AvgIpc) is 2.44. The molecule has 0 bridgehead atoms. The normalized spacial score (nSPS) is 12.9. The second-order valence-electron chi connectivity index (χ2n) is 6.11. The number of ether oxygens (including phenoxy) is 1. The van der Waals surface area contributed by atoms with Gasteiger partial charge in [-0.3, -0.25) is 0 Å². The minimum atomic E-state index is 0.647. The molecule has 0 aliphatic heterocycles. The Morgan fingerprint density at radius 2 is 1.85 bits per heavy atom. The average molecular weight is 278 g/mol. The lowest BCUT2D eigenvalue weighted by Gasteiger charge is -2.22. The highest BCUT2D eigenvalue weighted by molar-refractivity contribution is 5.26. The van der Waals surface area contributed by atoms with E-state index in [1.807, 2.05) is 12.1 Å². The van der Waals surface area contributed by atoms with E-state index < -0.39 is 0 Å². The predicted molar refractivity (Wildman–Crippen MR) is 85.9 cm³/mol. The van der Waals surface area contributed by atoms with Gasteiger partial charge in [-0.2, -0.15) is 0 Å². The second-order valence-corrected chi connectivity index (χ2v) is 6.11. The van der Waals surface area contributed by atoms with Gasteiger partial charge in [-0.25, -0.2) is 0 Å². The summed E-state index contributed by atoms with van der Waals surface area (Å²) in [6.45, 7) is 7.41. The van der Waals surface area contributed by atoms with Crippen LogP contribution in [0.25, 0.3) is 0 Å². The Hall–Kier alpha value is -1.06. The van der Waals surface area contributed by atoms with Crippen molar-refractivity contribution in [3.05, 3.63) is 29.8 Å². The van der Waals surface area contributed by atoms with Crippen LogP contribution in [0.5, 0.6) is 5.75 Å². The molecule has 1 aromatic carbocycles. The van der Waals surface area contributed by atoms with Gasteiger partial charge in [0.15, 0.2) is 0 Å². The van der Waals surface area contributed by atoms with Crippen molar-refractivity contribution < 1.29 is 4.74 Å². The lowest BCUT2D eigenvalue weighted by molar-refractivity contribution is 0.278. The third kappa shape index (κ3) is 6.40. The molecule has 0 aliphatic rings.